The quantitative estimate of drug-likeness (QED) is 0.368. The van der Waals surface area contributed by atoms with Crippen molar-refractivity contribution in [3.05, 3.63) is 86.5 Å². The van der Waals surface area contributed by atoms with Crippen LogP contribution in [0.3, 0.4) is 0 Å². The molecule has 2 aromatic carbocycles. The second kappa shape index (κ2) is 8.07. The summed E-state index contributed by atoms with van der Waals surface area (Å²) in [6.07, 6.45) is 1.32. The molecule has 1 atom stereocenters. The summed E-state index contributed by atoms with van der Waals surface area (Å²) in [7, 11) is 0. The fourth-order valence-electron chi connectivity index (χ4n) is 3.10. The van der Waals surface area contributed by atoms with Gasteiger partial charge in [-0.05, 0) is 48.9 Å². The summed E-state index contributed by atoms with van der Waals surface area (Å²) in [5, 5.41) is 15.6. The number of halogens is 1. The van der Waals surface area contributed by atoms with Crippen LogP contribution in [0.1, 0.15) is 13.0 Å². The number of carbonyl (C=O) groups is 1. The molecule has 0 saturated heterocycles. The molecule has 0 bridgehead atoms. The highest BCUT2D eigenvalue weighted by atomic mass is 32.1. The zero-order valence-corrected chi connectivity index (χ0v) is 16.9. The van der Waals surface area contributed by atoms with Gasteiger partial charge in [0.1, 0.15) is 16.7 Å². The average Bonchev–Trinajstić information content (AvgIpc) is 3.20. The molecule has 2 aromatic heterocycles. The number of nitrogens with zero attached hydrogens (tertiary/aromatic N) is 3. The highest BCUT2D eigenvalue weighted by Crippen LogP contribution is 2.31. The number of aromatic nitrogens is 2. The highest BCUT2D eigenvalue weighted by Gasteiger charge is 2.20. The van der Waals surface area contributed by atoms with E-state index in [0.717, 1.165) is 0 Å². The minimum Gasteiger partial charge on any atom is -0.324 e. The van der Waals surface area contributed by atoms with Crippen molar-refractivity contribution in [1.82, 2.24) is 9.55 Å². The van der Waals surface area contributed by atoms with Crippen LogP contribution >= 0.6 is 11.3 Å². The molecule has 0 spiro atoms. The number of hydrogen-bond donors (Lipinski definition) is 1. The minimum absolute atomic E-state index is 0.0510. The molecule has 4 rings (SSSR count). The van der Waals surface area contributed by atoms with Crippen LogP contribution in [0.15, 0.2) is 65.0 Å². The second-order valence-electron chi connectivity index (χ2n) is 6.76. The Kier molecular flexibility index (Phi) is 5.30. The highest BCUT2D eigenvalue weighted by molar-refractivity contribution is 7.17. The molecule has 4 aromatic rings. The van der Waals surface area contributed by atoms with Gasteiger partial charge in [0.15, 0.2) is 0 Å². The summed E-state index contributed by atoms with van der Waals surface area (Å²) in [6.45, 7) is 1.56. The first kappa shape index (κ1) is 20.4. The van der Waals surface area contributed by atoms with E-state index in [1.165, 1.54) is 58.6 Å². The van der Waals surface area contributed by atoms with Crippen LogP contribution < -0.4 is 10.9 Å². The topological polar surface area (TPSA) is 107 Å². The largest absolute Gasteiger partial charge is 0.324 e. The fraction of sp³-hybridized carbons (Fsp3) is 0.0952. The molecule has 0 radical (unpaired) electrons. The molecule has 8 nitrogen and oxygen atoms in total. The number of carbonyl (C=O) groups excluding carboxylic acids is 1. The predicted molar refractivity (Wildman–Crippen MR) is 116 cm³/mol. The molecule has 0 aliphatic carbocycles. The Labute approximate surface area is 178 Å². The Bertz CT molecular complexity index is 1350. The number of anilines is 1. The molecule has 2 heterocycles. The van der Waals surface area contributed by atoms with Gasteiger partial charge in [-0.1, -0.05) is 0 Å². The molecule has 156 valence electrons. The van der Waals surface area contributed by atoms with Crippen LogP contribution in [0.4, 0.5) is 15.8 Å². The summed E-state index contributed by atoms with van der Waals surface area (Å²) in [5.74, 6) is -0.880. The number of thiophene rings is 1. The van der Waals surface area contributed by atoms with Gasteiger partial charge in [-0.2, -0.15) is 0 Å². The first-order chi connectivity index (χ1) is 14.8. The number of hydrogen-bond acceptors (Lipinski definition) is 6. The number of nitro benzene ring substituents is 1. The SMILES string of the molecule is CC(C(=O)Nc1ccc(F)cc1)n1cnc2scc(-c3ccc([N+](=O)[O-])cc3)c2c1=O. The van der Waals surface area contributed by atoms with Crippen molar-refractivity contribution < 1.29 is 14.1 Å². The van der Waals surface area contributed by atoms with E-state index >= 15 is 0 Å². The van der Waals surface area contributed by atoms with Gasteiger partial charge in [-0.15, -0.1) is 11.3 Å². The van der Waals surface area contributed by atoms with Crippen molar-refractivity contribution >= 4 is 38.8 Å². The number of nitro groups is 1. The third kappa shape index (κ3) is 3.92. The number of non-ortho nitro benzene ring substituents is 1. The first-order valence-electron chi connectivity index (χ1n) is 9.15. The number of amides is 1. The lowest BCUT2D eigenvalue weighted by atomic mass is 10.1. The number of rotatable bonds is 5. The lowest BCUT2D eigenvalue weighted by molar-refractivity contribution is -0.384. The lowest BCUT2D eigenvalue weighted by Crippen LogP contribution is -2.31. The van der Waals surface area contributed by atoms with E-state index in [4.69, 9.17) is 0 Å². The predicted octanol–water partition coefficient (Wildman–Crippen LogP) is 4.37. The summed E-state index contributed by atoms with van der Waals surface area (Å²) in [5.41, 5.74) is 1.18. The van der Waals surface area contributed by atoms with Crippen LogP contribution in [0.5, 0.6) is 0 Å². The molecule has 0 aliphatic rings. The summed E-state index contributed by atoms with van der Waals surface area (Å²) >= 11 is 1.27. The van der Waals surface area contributed by atoms with Crippen LogP contribution in [-0.4, -0.2) is 20.4 Å². The zero-order chi connectivity index (χ0) is 22.1. The van der Waals surface area contributed by atoms with E-state index in [1.807, 2.05) is 0 Å². The average molecular weight is 438 g/mol. The van der Waals surface area contributed by atoms with E-state index in [-0.39, 0.29) is 5.69 Å². The van der Waals surface area contributed by atoms with Gasteiger partial charge < -0.3 is 5.32 Å². The summed E-state index contributed by atoms with van der Waals surface area (Å²) in [6, 6.07) is 10.3. The Morgan fingerprint density at radius 2 is 1.87 bits per heavy atom. The molecule has 1 N–H and O–H groups in total. The van der Waals surface area contributed by atoms with Crippen molar-refractivity contribution in [2.24, 2.45) is 0 Å². The third-order valence-corrected chi connectivity index (χ3v) is 5.70. The minimum atomic E-state index is -0.876. The van der Waals surface area contributed by atoms with E-state index in [2.05, 4.69) is 10.3 Å². The van der Waals surface area contributed by atoms with Gasteiger partial charge in [0.2, 0.25) is 5.91 Å². The van der Waals surface area contributed by atoms with Crippen LogP contribution in [0, 0.1) is 15.9 Å². The monoisotopic (exact) mass is 438 g/mol. The second-order valence-corrected chi connectivity index (χ2v) is 7.62. The van der Waals surface area contributed by atoms with Gasteiger partial charge in [0, 0.05) is 28.8 Å². The number of fused-ring (bicyclic) bond motifs is 1. The van der Waals surface area contributed by atoms with Crippen molar-refractivity contribution in [2.75, 3.05) is 5.32 Å². The van der Waals surface area contributed by atoms with E-state index in [9.17, 15) is 24.1 Å². The molecule has 1 unspecified atom stereocenters. The molecule has 0 aliphatic heterocycles. The molecule has 10 heteroatoms. The molecular formula is C21H15FN4O4S. The molecule has 0 fully saturated rings. The number of benzene rings is 2. The molecule has 31 heavy (non-hydrogen) atoms. The van der Waals surface area contributed by atoms with Crippen molar-refractivity contribution in [3.8, 4) is 11.1 Å². The fourth-order valence-corrected chi connectivity index (χ4v) is 4.01. The van der Waals surface area contributed by atoms with Crippen molar-refractivity contribution in [3.63, 3.8) is 0 Å². The Morgan fingerprint density at radius 1 is 1.19 bits per heavy atom. The van der Waals surface area contributed by atoms with E-state index in [0.29, 0.717) is 27.0 Å². The van der Waals surface area contributed by atoms with Crippen LogP contribution in [0.25, 0.3) is 21.3 Å². The first-order valence-corrected chi connectivity index (χ1v) is 10.0. The lowest BCUT2D eigenvalue weighted by Gasteiger charge is -2.15. The molecule has 0 saturated carbocycles. The Hall–Kier alpha value is -3.92. The summed E-state index contributed by atoms with van der Waals surface area (Å²) in [4.78, 5) is 41.0. The van der Waals surface area contributed by atoms with Gasteiger partial charge in [-0.25, -0.2) is 9.37 Å². The zero-order valence-electron chi connectivity index (χ0n) is 16.1. The normalized spacial score (nSPS) is 11.9. The van der Waals surface area contributed by atoms with E-state index in [1.54, 1.807) is 24.4 Å². The Morgan fingerprint density at radius 3 is 2.52 bits per heavy atom. The maximum absolute atomic E-state index is 13.2. The Balaban J connectivity index is 1.69. The molecule has 1 amide bonds. The summed E-state index contributed by atoms with van der Waals surface area (Å²) < 4.78 is 14.3. The maximum atomic E-state index is 13.2. The van der Waals surface area contributed by atoms with Crippen molar-refractivity contribution in [2.45, 2.75) is 13.0 Å². The smallest absolute Gasteiger partial charge is 0.269 e. The van der Waals surface area contributed by atoms with Crippen LogP contribution in [-0.2, 0) is 4.79 Å². The van der Waals surface area contributed by atoms with Gasteiger partial charge in [0.05, 0.1) is 16.6 Å². The van der Waals surface area contributed by atoms with Gasteiger partial charge in [-0.3, -0.25) is 24.3 Å². The van der Waals surface area contributed by atoms with Crippen LogP contribution in [0.2, 0.25) is 0 Å². The van der Waals surface area contributed by atoms with Gasteiger partial charge in [0.25, 0.3) is 11.2 Å². The van der Waals surface area contributed by atoms with Gasteiger partial charge >= 0.3 is 0 Å². The third-order valence-electron chi connectivity index (χ3n) is 4.82. The standard InChI is InChI=1S/C21H15FN4O4S/c1-12(19(27)24-15-6-4-14(22)5-7-15)25-11-23-20-18(21(25)28)17(10-31-20)13-2-8-16(9-3-13)26(29)30/h2-12H,1H3,(H,24,27). The maximum Gasteiger partial charge on any atom is 0.269 e. The van der Waals surface area contributed by atoms with E-state index < -0.39 is 28.2 Å². The number of nitrogens with one attached hydrogen (secondary N) is 1. The molecular weight excluding hydrogens is 423 g/mol. The van der Waals surface area contributed by atoms with Crippen molar-refractivity contribution in [1.29, 1.82) is 0 Å².